The summed E-state index contributed by atoms with van der Waals surface area (Å²) in [6, 6.07) is 14.7. The number of nitrogens with one attached hydrogen (secondary N) is 2. The molecule has 0 fully saturated rings. The Morgan fingerprint density at radius 1 is 1.16 bits per heavy atom. The molecule has 0 aliphatic carbocycles. The van der Waals surface area contributed by atoms with Crippen LogP contribution in [0.1, 0.15) is 35.6 Å². The highest BCUT2D eigenvalue weighted by Gasteiger charge is 2.17. The highest BCUT2D eigenvalue weighted by molar-refractivity contribution is 9.10. The second-order valence-electron chi connectivity index (χ2n) is 6.36. The van der Waals surface area contributed by atoms with Crippen molar-refractivity contribution in [1.82, 2.24) is 10.6 Å². The van der Waals surface area contributed by atoms with Gasteiger partial charge in [0.15, 0.2) is 0 Å². The van der Waals surface area contributed by atoms with Crippen LogP contribution in [0.3, 0.4) is 0 Å². The summed E-state index contributed by atoms with van der Waals surface area (Å²) in [5.74, 6) is 0.145. The molecular weight excluding hydrogens is 400 g/mol. The molecule has 0 radical (unpaired) electrons. The number of hydrogen-bond donors (Lipinski definition) is 2. The third-order valence-corrected chi connectivity index (χ3v) is 5.10. The van der Waals surface area contributed by atoms with Crippen LogP contribution < -0.4 is 10.6 Å². The SMILES string of the molecule is CCC(Cc1cccc(Br)c1)C(=O)NCc1ccc2c(c1)CNC2.Cl. The highest BCUT2D eigenvalue weighted by atomic mass is 79.9. The van der Waals surface area contributed by atoms with Gasteiger partial charge in [-0.15, -0.1) is 12.4 Å². The van der Waals surface area contributed by atoms with E-state index in [2.05, 4.69) is 63.8 Å². The molecule has 25 heavy (non-hydrogen) atoms. The quantitative estimate of drug-likeness (QED) is 0.725. The van der Waals surface area contributed by atoms with Crippen LogP contribution >= 0.6 is 28.3 Å². The van der Waals surface area contributed by atoms with Crippen LogP contribution in [0.5, 0.6) is 0 Å². The van der Waals surface area contributed by atoms with Crippen molar-refractivity contribution in [2.45, 2.75) is 39.4 Å². The molecule has 1 aliphatic heterocycles. The van der Waals surface area contributed by atoms with E-state index < -0.39 is 0 Å². The first-order chi connectivity index (χ1) is 11.7. The van der Waals surface area contributed by atoms with Gasteiger partial charge in [0.2, 0.25) is 5.91 Å². The fraction of sp³-hybridized carbons (Fsp3) is 0.350. The van der Waals surface area contributed by atoms with Crippen LogP contribution in [0, 0.1) is 5.92 Å². The molecule has 1 unspecified atom stereocenters. The molecular formula is C20H24BrClN2O. The lowest BCUT2D eigenvalue weighted by Gasteiger charge is -2.15. The van der Waals surface area contributed by atoms with Crippen molar-refractivity contribution in [3.05, 3.63) is 69.2 Å². The van der Waals surface area contributed by atoms with E-state index in [0.717, 1.165) is 30.4 Å². The molecule has 134 valence electrons. The monoisotopic (exact) mass is 422 g/mol. The number of fused-ring (bicyclic) bond motifs is 1. The van der Waals surface area contributed by atoms with Gasteiger partial charge in [0.25, 0.3) is 0 Å². The van der Waals surface area contributed by atoms with Crippen LogP contribution in [0.4, 0.5) is 0 Å². The first-order valence-electron chi connectivity index (χ1n) is 8.49. The van der Waals surface area contributed by atoms with Crippen molar-refractivity contribution in [3.8, 4) is 0 Å². The van der Waals surface area contributed by atoms with Gasteiger partial charge < -0.3 is 10.6 Å². The molecule has 1 heterocycles. The van der Waals surface area contributed by atoms with E-state index in [9.17, 15) is 4.79 Å². The summed E-state index contributed by atoms with van der Waals surface area (Å²) in [7, 11) is 0. The maximum atomic E-state index is 12.5. The Morgan fingerprint density at radius 2 is 1.96 bits per heavy atom. The van der Waals surface area contributed by atoms with Gasteiger partial charge in [0.05, 0.1) is 0 Å². The van der Waals surface area contributed by atoms with Crippen LogP contribution in [-0.4, -0.2) is 5.91 Å². The lowest BCUT2D eigenvalue weighted by Crippen LogP contribution is -2.31. The van der Waals surface area contributed by atoms with E-state index in [4.69, 9.17) is 0 Å². The third-order valence-electron chi connectivity index (χ3n) is 4.60. The minimum atomic E-state index is 0. The van der Waals surface area contributed by atoms with E-state index in [0.29, 0.717) is 6.54 Å². The number of benzene rings is 2. The van der Waals surface area contributed by atoms with E-state index >= 15 is 0 Å². The zero-order valence-electron chi connectivity index (χ0n) is 14.3. The fourth-order valence-electron chi connectivity index (χ4n) is 3.16. The fourth-order valence-corrected chi connectivity index (χ4v) is 3.61. The maximum Gasteiger partial charge on any atom is 0.223 e. The zero-order valence-corrected chi connectivity index (χ0v) is 16.8. The van der Waals surface area contributed by atoms with E-state index in [-0.39, 0.29) is 24.2 Å². The first kappa shape index (κ1) is 20.0. The molecule has 2 N–H and O–H groups in total. The van der Waals surface area contributed by atoms with Crippen molar-refractivity contribution in [2.75, 3.05) is 0 Å². The summed E-state index contributed by atoms with van der Waals surface area (Å²) in [6.07, 6.45) is 1.61. The zero-order chi connectivity index (χ0) is 16.9. The Bertz CT molecular complexity index is 735. The van der Waals surface area contributed by atoms with Gasteiger partial charge >= 0.3 is 0 Å². The first-order valence-corrected chi connectivity index (χ1v) is 9.28. The Hall–Kier alpha value is -1.36. The highest BCUT2D eigenvalue weighted by Crippen LogP contribution is 2.19. The van der Waals surface area contributed by atoms with Crippen molar-refractivity contribution < 1.29 is 4.79 Å². The third kappa shape index (κ3) is 5.30. The van der Waals surface area contributed by atoms with E-state index in [1.54, 1.807) is 0 Å². The second kappa shape index (κ2) is 9.37. The summed E-state index contributed by atoms with van der Waals surface area (Å²) in [6.45, 7) is 4.55. The van der Waals surface area contributed by atoms with E-state index in [1.165, 1.54) is 22.3 Å². The molecule has 0 saturated carbocycles. The normalized spacial score (nSPS) is 13.7. The number of rotatable bonds is 6. The molecule has 1 aliphatic rings. The number of hydrogen-bond acceptors (Lipinski definition) is 2. The molecule has 2 aromatic carbocycles. The van der Waals surface area contributed by atoms with Gasteiger partial charge in [0.1, 0.15) is 0 Å². The number of carbonyl (C=O) groups excluding carboxylic acids is 1. The Kier molecular flexibility index (Phi) is 7.48. The summed E-state index contributed by atoms with van der Waals surface area (Å²) in [5.41, 5.74) is 5.08. The van der Waals surface area contributed by atoms with Crippen LogP contribution in [0.25, 0.3) is 0 Å². The largest absolute Gasteiger partial charge is 0.352 e. The average Bonchev–Trinajstić information content (AvgIpc) is 3.05. The number of halogens is 2. The lowest BCUT2D eigenvalue weighted by molar-refractivity contribution is -0.125. The molecule has 0 aromatic heterocycles. The summed E-state index contributed by atoms with van der Waals surface area (Å²) in [4.78, 5) is 12.5. The molecule has 1 amide bonds. The Morgan fingerprint density at radius 3 is 2.72 bits per heavy atom. The number of amides is 1. The number of carbonyl (C=O) groups is 1. The van der Waals surface area contributed by atoms with Gasteiger partial charge in [-0.3, -0.25) is 4.79 Å². The van der Waals surface area contributed by atoms with Gasteiger partial charge in [0, 0.05) is 30.0 Å². The minimum Gasteiger partial charge on any atom is -0.352 e. The van der Waals surface area contributed by atoms with Gasteiger partial charge in [-0.05, 0) is 47.2 Å². The van der Waals surface area contributed by atoms with Crippen molar-refractivity contribution in [2.24, 2.45) is 5.92 Å². The van der Waals surface area contributed by atoms with E-state index in [1.807, 2.05) is 12.1 Å². The lowest BCUT2D eigenvalue weighted by atomic mass is 9.96. The maximum absolute atomic E-state index is 12.5. The molecule has 3 nitrogen and oxygen atoms in total. The molecule has 1 atom stereocenters. The topological polar surface area (TPSA) is 41.1 Å². The molecule has 0 saturated heterocycles. The molecule has 2 aromatic rings. The average molecular weight is 424 g/mol. The Balaban J connectivity index is 0.00000225. The predicted octanol–water partition coefficient (Wildman–Crippen LogP) is 4.36. The Labute approximate surface area is 164 Å². The summed E-state index contributed by atoms with van der Waals surface area (Å²) >= 11 is 3.49. The van der Waals surface area contributed by atoms with Crippen LogP contribution in [0.2, 0.25) is 0 Å². The van der Waals surface area contributed by atoms with Gasteiger partial charge in [-0.2, -0.15) is 0 Å². The molecule has 0 spiro atoms. The standard InChI is InChI=1S/C20H23BrN2O.ClH/c1-2-16(8-14-4-3-5-19(21)10-14)20(24)23-11-15-6-7-17-12-22-13-18(17)9-15;/h3-7,9-10,16,22H,2,8,11-13H2,1H3,(H,23,24);1H. The van der Waals surface area contributed by atoms with Crippen molar-refractivity contribution in [1.29, 1.82) is 0 Å². The summed E-state index contributed by atoms with van der Waals surface area (Å²) < 4.78 is 1.06. The van der Waals surface area contributed by atoms with Crippen molar-refractivity contribution in [3.63, 3.8) is 0 Å². The predicted molar refractivity (Wildman–Crippen MR) is 108 cm³/mol. The molecule has 3 rings (SSSR count). The minimum absolute atomic E-state index is 0. The van der Waals surface area contributed by atoms with Gasteiger partial charge in [-0.1, -0.05) is 53.2 Å². The van der Waals surface area contributed by atoms with Crippen LogP contribution in [0.15, 0.2) is 46.9 Å². The van der Waals surface area contributed by atoms with Gasteiger partial charge in [-0.25, -0.2) is 0 Å². The molecule has 0 bridgehead atoms. The molecule has 5 heteroatoms. The second-order valence-corrected chi connectivity index (χ2v) is 7.28. The van der Waals surface area contributed by atoms with Crippen LogP contribution in [-0.2, 0) is 30.8 Å². The smallest absolute Gasteiger partial charge is 0.223 e. The van der Waals surface area contributed by atoms with Crippen molar-refractivity contribution >= 4 is 34.2 Å². The summed E-state index contributed by atoms with van der Waals surface area (Å²) in [5, 5.41) is 6.45.